The summed E-state index contributed by atoms with van der Waals surface area (Å²) < 4.78 is 43.3. The monoisotopic (exact) mass is 419 g/mol. The van der Waals surface area contributed by atoms with Gasteiger partial charge in [0.1, 0.15) is 12.1 Å². The molecule has 0 bridgehead atoms. The van der Waals surface area contributed by atoms with Crippen LogP contribution in [0.3, 0.4) is 0 Å². The Bertz CT molecular complexity index is 887. The fourth-order valence-corrected chi connectivity index (χ4v) is 2.93. The van der Waals surface area contributed by atoms with Crippen LogP contribution in [0.25, 0.3) is 11.4 Å². The van der Waals surface area contributed by atoms with Gasteiger partial charge in [0.2, 0.25) is 0 Å². The van der Waals surface area contributed by atoms with E-state index in [1.807, 2.05) is 0 Å². The van der Waals surface area contributed by atoms with Crippen molar-refractivity contribution in [2.45, 2.75) is 31.2 Å². The summed E-state index contributed by atoms with van der Waals surface area (Å²) in [6.07, 6.45) is -2.56. The lowest BCUT2D eigenvalue weighted by atomic mass is 10.0. The highest BCUT2D eigenvalue weighted by atomic mass is 19.4. The van der Waals surface area contributed by atoms with Crippen LogP contribution in [-0.4, -0.2) is 47.7 Å². The summed E-state index contributed by atoms with van der Waals surface area (Å²) >= 11 is 0. The van der Waals surface area contributed by atoms with Crippen LogP contribution in [-0.2, 0) is 22.1 Å². The molecule has 1 fully saturated rings. The Balaban J connectivity index is 1.61. The van der Waals surface area contributed by atoms with Crippen molar-refractivity contribution in [1.82, 2.24) is 20.6 Å². The minimum atomic E-state index is -4.49. The van der Waals surface area contributed by atoms with Gasteiger partial charge in [-0.2, -0.15) is 18.4 Å². The molecule has 0 radical (unpaired) electrons. The van der Waals surface area contributed by atoms with E-state index in [0.717, 1.165) is 30.9 Å². The minimum absolute atomic E-state index is 0.165. The molecule has 30 heavy (non-hydrogen) atoms. The topological polar surface area (TPSA) is 99.9 Å². The van der Waals surface area contributed by atoms with E-state index in [-0.39, 0.29) is 18.2 Å². The highest BCUT2D eigenvalue weighted by Gasteiger charge is 2.31. The molecule has 0 saturated carbocycles. The Hall–Kier alpha value is -3.03. The molecule has 1 aliphatic rings. The first-order chi connectivity index (χ1) is 14.4. The van der Waals surface area contributed by atoms with Gasteiger partial charge in [0.05, 0.1) is 11.6 Å². The summed E-state index contributed by atoms with van der Waals surface area (Å²) in [5.41, 5.74) is 0.406. The third-order valence-corrected chi connectivity index (χ3v) is 4.54. The summed E-state index contributed by atoms with van der Waals surface area (Å²) in [5, 5.41) is 15.2. The molecular weight excluding hydrogens is 399 g/mol. The molecule has 158 valence electrons. The average molecular weight is 419 g/mol. The number of benzene rings is 1. The predicted octanol–water partition coefficient (Wildman–Crippen LogP) is 2.09. The Morgan fingerprint density at radius 2 is 2.00 bits per heavy atom. The summed E-state index contributed by atoms with van der Waals surface area (Å²) in [7, 11) is 0. The molecule has 2 N–H and O–H groups in total. The molecule has 7 nitrogen and oxygen atoms in total. The van der Waals surface area contributed by atoms with Gasteiger partial charge in [-0.3, -0.25) is 4.79 Å². The lowest BCUT2D eigenvalue weighted by molar-refractivity contribution is -0.138. The molecule has 3 rings (SSSR count). The first-order valence-corrected chi connectivity index (χ1v) is 9.37. The fourth-order valence-electron chi connectivity index (χ4n) is 2.93. The second kappa shape index (κ2) is 9.65. The van der Waals surface area contributed by atoms with Crippen molar-refractivity contribution in [1.29, 1.82) is 5.26 Å². The number of halogens is 3. The number of nitrogens with zero attached hydrogens (tertiary/aromatic N) is 3. The fraction of sp³-hybridized carbons (Fsp3) is 0.400. The summed E-state index contributed by atoms with van der Waals surface area (Å²) in [6.45, 7) is 1.65. The number of nitriles is 1. The Morgan fingerprint density at radius 3 is 2.63 bits per heavy atom. The number of carbonyl (C=O) groups is 1. The van der Waals surface area contributed by atoms with Crippen molar-refractivity contribution in [3.63, 3.8) is 0 Å². The zero-order valence-electron chi connectivity index (χ0n) is 15.9. The Morgan fingerprint density at radius 1 is 1.30 bits per heavy atom. The molecular formula is C20H20F3N5O2. The molecule has 1 aromatic heterocycles. The smallest absolute Gasteiger partial charge is 0.367 e. The number of carbonyl (C=O) groups excluding carboxylic acids is 1. The highest BCUT2D eigenvalue weighted by molar-refractivity contribution is 5.81. The van der Waals surface area contributed by atoms with E-state index in [9.17, 15) is 23.2 Å². The summed E-state index contributed by atoms with van der Waals surface area (Å²) in [4.78, 5) is 19.8. The van der Waals surface area contributed by atoms with Crippen LogP contribution in [0.4, 0.5) is 13.2 Å². The zero-order chi connectivity index (χ0) is 21.6. The van der Waals surface area contributed by atoms with E-state index in [1.165, 1.54) is 0 Å². The van der Waals surface area contributed by atoms with Crippen LogP contribution in [0.15, 0.2) is 36.7 Å². The molecule has 2 aromatic rings. The number of hydrogen-bond donors (Lipinski definition) is 2. The van der Waals surface area contributed by atoms with Gasteiger partial charge in [-0.1, -0.05) is 24.3 Å². The Kier molecular flexibility index (Phi) is 6.97. The quantitative estimate of drug-likeness (QED) is 0.770. The van der Waals surface area contributed by atoms with E-state index in [2.05, 4.69) is 26.7 Å². The van der Waals surface area contributed by atoms with Gasteiger partial charge in [-0.05, 0) is 18.5 Å². The maximum absolute atomic E-state index is 12.6. The normalized spacial score (nSPS) is 18.1. The van der Waals surface area contributed by atoms with Gasteiger partial charge >= 0.3 is 6.18 Å². The molecule has 1 amide bonds. The predicted molar refractivity (Wildman–Crippen MR) is 101 cm³/mol. The number of aromatic nitrogens is 2. The average Bonchev–Trinajstić information content (AvgIpc) is 3.03. The number of alkyl halides is 3. The van der Waals surface area contributed by atoms with Gasteiger partial charge in [-0.25, -0.2) is 9.97 Å². The second-order valence-electron chi connectivity index (χ2n) is 6.80. The number of amides is 1. The van der Waals surface area contributed by atoms with Crippen LogP contribution in [0.2, 0.25) is 0 Å². The van der Waals surface area contributed by atoms with E-state index in [0.29, 0.717) is 18.7 Å². The molecule has 1 aromatic carbocycles. The molecule has 1 saturated heterocycles. The molecule has 0 unspecified atom stereocenters. The van der Waals surface area contributed by atoms with Crippen molar-refractivity contribution in [2.24, 2.45) is 0 Å². The Labute approximate surface area is 171 Å². The minimum Gasteiger partial charge on any atom is -0.367 e. The van der Waals surface area contributed by atoms with E-state index in [1.54, 1.807) is 24.3 Å². The maximum atomic E-state index is 12.6. The summed E-state index contributed by atoms with van der Waals surface area (Å²) in [5.74, 6) is -0.177. The number of rotatable bonds is 5. The summed E-state index contributed by atoms with van der Waals surface area (Å²) in [6, 6.07) is 8.08. The first kappa shape index (κ1) is 21.7. The van der Waals surface area contributed by atoms with Crippen molar-refractivity contribution >= 4 is 5.91 Å². The number of hydrogen-bond acceptors (Lipinski definition) is 6. The lowest BCUT2D eigenvalue weighted by Crippen LogP contribution is -2.46. The van der Waals surface area contributed by atoms with Crippen molar-refractivity contribution in [2.75, 3.05) is 19.7 Å². The van der Waals surface area contributed by atoms with Gasteiger partial charge in [-0.15, -0.1) is 0 Å². The highest BCUT2D eigenvalue weighted by Crippen LogP contribution is 2.28. The SMILES string of the molecule is N#C[C@H](Cc1ccc(-c2ncc(C(F)(F)F)cn2)cc1)NC(=O)[C@@H]1CNCCCO1. The third kappa shape index (κ3) is 5.75. The molecule has 0 spiro atoms. The first-order valence-electron chi connectivity index (χ1n) is 9.37. The van der Waals surface area contributed by atoms with Gasteiger partial charge in [0.15, 0.2) is 5.82 Å². The molecule has 2 atom stereocenters. The lowest BCUT2D eigenvalue weighted by Gasteiger charge is -2.18. The van der Waals surface area contributed by atoms with Crippen molar-refractivity contribution in [3.8, 4) is 17.5 Å². The van der Waals surface area contributed by atoms with Crippen molar-refractivity contribution in [3.05, 3.63) is 47.8 Å². The van der Waals surface area contributed by atoms with Crippen LogP contribution in [0, 0.1) is 11.3 Å². The zero-order valence-corrected chi connectivity index (χ0v) is 15.9. The van der Waals surface area contributed by atoms with Crippen LogP contribution < -0.4 is 10.6 Å². The van der Waals surface area contributed by atoms with Gasteiger partial charge in [0.25, 0.3) is 5.91 Å². The second-order valence-corrected chi connectivity index (χ2v) is 6.80. The molecule has 2 heterocycles. The van der Waals surface area contributed by atoms with E-state index < -0.39 is 23.9 Å². The molecule has 0 aliphatic carbocycles. The third-order valence-electron chi connectivity index (χ3n) is 4.54. The number of ether oxygens (including phenoxy) is 1. The van der Waals surface area contributed by atoms with Crippen LogP contribution in [0.1, 0.15) is 17.5 Å². The van der Waals surface area contributed by atoms with Gasteiger partial charge < -0.3 is 15.4 Å². The molecule has 10 heteroatoms. The largest absolute Gasteiger partial charge is 0.419 e. The maximum Gasteiger partial charge on any atom is 0.419 e. The number of nitrogens with one attached hydrogen (secondary N) is 2. The van der Waals surface area contributed by atoms with Gasteiger partial charge in [0, 0.05) is 37.5 Å². The molecule has 1 aliphatic heterocycles. The van der Waals surface area contributed by atoms with Crippen molar-refractivity contribution < 1.29 is 22.7 Å². The van der Waals surface area contributed by atoms with Crippen LogP contribution in [0.5, 0.6) is 0 Å². The van der Waals surface area contributed by atoms with E-state index >= 15 is 0 Å². The van der Waals surface area contributed by atoms with Crippen LogP contribution >= 0.6 is 0 Å². The van der Waals surface area contributed by atoms with E-state index in [4.69, 9.17) is 4.74 Å². The standard InChI is InChI=1S/C20H20F3N5O2/c21-20(22,23)15-10-26-18(27-11-15)14-4-2-13(3-5-14)8-16(9-24)28-19(29)17-12-25-6-1-7-30-17/h2-5,10-11,16-17,25H,1,6-8,12H2,(H,28,29)/t16-,17-/m0/s1.